The summed E-state index contributed by atoms with van der Waals surface area (Å²) in [6, 6.07) is 0. The van der Waals surface area contributed by atoms with E-state index in [9.17, 15) is 9.90 Å². The van der Waals surface area contributed by atoms with Gasteiger partial charge in [-0.05, 0) is 25.0 Å². The van der Waals surface area contributed by atoms with Gasteiger partial charge in [-0.2, -0.15) is 0 Å². The second-order valence-corrected chi connectivity index (χ2v) is 4.86. The van der Waals surface area contributed by atoms with Gasteiger partial charge >= 0.3 is 5.97 Å². The maximum Gasteiger partial charge on any atom is 0.319 e. The minimum absolute atomic E-state index is 0.192. The molecule has 0 saturated heterocycles. The molecule has 1 rings (SSSR count). The van der Waals surface area contributed by atoms with E-state index >= 15 is 0 Å². The Labute approximate surface area is 88.9 Å². The lowest BCUT2D eigenvalue weighted by atomic mass is 9.84. The van der Waals surface area contributed by atoms with E-state index in [2.05, 4.69) is 0 Å². The van der Waals surface area contributed by atoms with Crippen LogP contribution in [0.5, 0.6) is 0 Å². The SMILES string of the molecule is CS[C@@H](C(=O)O)[C@H](O)C1CCCCC1. The average Bonchev–Trinajstić information content (AvgIpc) is 2.19. The number of aliphatic carboxylic acids is 1. The van der Waals surface area contributed by atoms with Gasteiger partial charge in [-0.1, -0.05) is 19.3 Å². The smallest absolute Gasteiger partial charge is 0.319 e. The molecule has 0 amide bonds. The fourth-order valence-corrected chi connectivity index (χ4v) is 2.81. The first kappa shape index (κ1) is 11.9. The maximum atomic E-state index is 10.8. The number of rotatable bonds is 4. The predicted molar refractivity (Wildman–Crippen MR) is 57.5 cm³/mol. The molecule has 1 aliphatic carbocycles. The number of carboxylic acid groups (broad SMARTS) is 1. The van der Waals surface area contributed by atoms with Crippen molar-refractivity contribution in [3.63, 3.8) is 0 Å². The summed E-state index contributed by atoms with van der Waals surface area (Å²) < 4.78 is 0. The Balaban J connectivity index is 2.51. The van der Waals surface area contributed by atoms with E-state index < -0.39 is 17.3 Å². The zero-order valence-corrected chi connectivity index (χ0v) is 9.30. The van der Waals surface area contributed by atoms with Crippen LogP contribution in [0, 0.1) is 5.92 Å². The van der Waals surface area contributed by atoms with Gasteiger partial charge in [0, 0.05) is 0 Å². The van der Waals surface area contributed by atoms with Crippen molar-refractivity contribution in [1.82, 2.24) is 0 Å². The summed E-state index contributed by atoms with van der Waals surface area (Å²) in [6.45, 7) is 0. The fourth-order valence-electron chi connectivity index (χ4n) is 2.11. The summed E-state index contributed by atoms with van der Waals surface area (Å²) in [6.07, 6.45) is 6.50. The minimum atomic E-state index is -0.893. The number of aliphatic hydroxyl groups is 1. The van der Waals surface area contributed by atoms with Crippen LogP contribution >= 0.6 is 11.8 Å². The molecule has 0 aromatic carbocycles. The van der Waals surface area contributed by atoms with Gasteiger partial charge < -0.3 is 10.2 Å². The van der Waals surface area contributed by atoms with E-state index in [-0.39, 0.29) is 5.92 Å². The Kier molecular flexibility index (Phi) is 4.75. The number of hydrogen-bond acceptors (Lipinski definition) is 3. The number of carboxylic acids is 1. The summed E-state index contributed by atoms with van der Waals surface area (Å²) in [5, 5.41) is 18.1. The first-order valence-electron chi connectivity index (χ1n) is 5.10. The van der Waals surface area contributed by atoms with Crippen molar-refractivity contribution < 1.29 is 15.0 Å². The Bertz CT molecular complexity index is 190. The second-order valence-electron chi connectivity index (χ2n) is 3.88. The lowest BCUT2D eigenvalue weighted by Crippen LogP contribution is -2.37. The Hall–Kier alpha value is -0.220. The van der Waals surface area contributed by atoms with Crippen molar-refractivity contribution in [3.8, 4) is 0 Å². The summed E-state index contributed by atoms with van der Waals surface area (Å²) in [5.41, 5.74) is 0. The Morgan fingerprint density at radius 3 is 2.36 bits per heavy atom. The first-order valence-corrected chi connectivity index (χ1v) is 6.39. The maximum absolute atomic E-state index is 10.8. The minimum Gasteiger partial charge on any atom is -0.480 e. The lowest BCUT2D eigenvalue weighted by molar-refractivity contribution is -0.139. The van der Waals surface area contributed by atoms with Crippen molar-refractivity contribution in [2.24, 2.45) is 5.92 Å². The molecule has 2 atom stereocenters. The van der Waals surface area contributed by atoms with Crippen LogP contribution in [0.4, 0.5) is 0 Å². The molecule has 0 unspecified atom stereocenters. The highest BCUT2D eigenvalue weighted by molar-refractivity contribution is 7.99. The van der Waals surface area contributed by atoms with E-state index in [1.54, 1.807) is 6.26 Å². The molecule has 1 saturated carbocycles. The summed E-state index contributed by atoms with van der Waals surface area (Å²) in [5.74, 6) is -0.701. The molecule has 3 nitrogen and oxygen atoms in total. The third-order valence-corrected chi connectivity index (χ3v) is 3.93. The molecule has 1 aliphatic rings. The number of aliphatic hydroxyl groups excluding tert-OH is 1. The van der Waals surface area contributed by atoms with Gasteiger partial charge in [0.15, 0.2) is 0 Å². The quantitative estimate of drug-likeness (QED) is 0.754. The van der Waals surface area contributed by atoms with Crippen LogP contribution in [0.3, 0.4) is 0 Å². The van der Waals surface area contributed by atoms with Crippen LogP contribution in [0.2, 0.25) is 0 Å². The highest BCUT2D eigenvalue weighted by atomic mass is 32.2. The molecule has 0 heterocycles. The van der Waals surface area contributed by atoms with Crippen LogP contribution in [0.25, 0.3) is 0 Å². The average molecular weight is 218 g/mol. The van der Waals surface area contributed by atoms with Crippen molar-refractivity contribution in [2.75, 3.05) is 6.26 Å². The molecule has 1 fully saturated rings. The third kappa shape index (κ3) is 2.89. The molecule has 0 radical (unpaired) electrons. The van der Waals surface area contributed by atoms with E-state index in [0.717, 1.165) is 25.7 Å². The predicted octanol–water partition coefficient (Wildman–Crippen LogP) is 1.74. The number of thioether (sulfide) groups is 1. The number of hydrogen-bond donors (Lipinski definition) is 2. The molecule has 0 bridgehead atoms. The third-order valence-electron chi connectivity index (χ3n) is 2.94. The molecule has 2 N–H and O–H groups in total. The molecular formula is C10H18O3S. The number of carbonyl (C=O) groups is 1. The van der Waals surface area contributed by atoms with Gasteiger partial charge in [-0.3, -0.25) is 4.79 Å². The molecule has 4 heteroatoms. The van der Waals surface area contributed by atoms with E-state index in [4.69, 9.17) is 5.11 Å². The summed E-state index contributed by atoms with van der Waals surface area (Å²) in [4.78, 5) is 10.8. The summed E-state index contributed by atoms with van der Waals surface area (Å²) >= 11 is 1.23. The topological polar surface area (TPSA) is 57.5 Å². The largest absolute Gasteiger partial charge is 0.480 e. The zero-order chi connectivity index (χ0) is 10.6. The standard InChI is InChI=1S/C10H18O3S/c1-14-9(10(12)13)8(11)7-5-3-2-4-6-7/h7-9,11H,2-6H2,1H3,(H,12,13)/t8-,9-/m1/s1. The van der Waals surface area contributed by atoms with E-state index in [0.29, 0.717) is 0 Å². The van der Waals surface area contributed by atoms with Crippen LogP contribution in [-0.4, -0.2) is 33.8 Å². The molecule has 0 aromatic heterocycles. The lowest BCUT2D eigenvalue weighted by Gasteiger charge is -2.29. The highest BCUT2D eigenvalue weighted by Gasteiger charge is 2.32. The van der Waals surface area contributed by atoms with Crippen LogP contribution in [0.15, 0.2) is 0 Å². The van der Waals surface area contributed by atoms with Gasteiger partial charge in [-0.15, -0.1) is 11.8 Å². The highest BCUT2D eigenvalue weighted by Crippen LogP contribution is 2.30. The second kappa shape index (κ2) is 5.61. The molecule has 14 heavy (non-hydrogen) atoms. The fraction of sp³-hybridized carbons (Fsp3) is 0.900. The van der Waals surface area contributed by atoms with Crippen molar-refractivity contribution >= 4 is 17.7 Å². The summed E-state index contributed by atoms with van der Waals surface area (Å²) in [7, 11) is 0. The Morgan fingerprint density at radius 1 is 1.36 bits per heavy atom. The molecule has 0 aliphatic heterocycles. The van der Waals surface area contributed by atoms with Gasteiger partial charge in [0.05, 0.1) is 6.10 Å². The molecule has 0 aromatic rings. The molecule has 0 spiro atoms. The monoisotopic (exact) mass is 218 g/mol. The normalized spacial score (nSPS) is 23.0. The van der Waals surface area contributed by atoms with Gasteiger partial charge in [0.25, 0.3) is 0 Å². The van der Waals surface area contributed by atoms with Gasteiger partial charge in [0.1, 0.15) is 5.25 Å². The van der Waals surface area contributed by atoms with Crippen molar-refractivity contribution in [1.29, 1.82) is 0 Å². The van der Waals surface area contributed by atoms with Crippen LogP contribution < -0.4 is 0 Å². The van der Waals surface area contributed by atoms with Gasteiger partial charge in [-0.25, -0.2) is 0 Å². The molecule has 82 valence electrons. The van der Waals surface area contributed by atoms with Crippen LogP contribution in [-0.2, 0) is 4.79 Å². The Morgan fingerprint density at radius 2 is 1.93 bits per heavy atom. The van der Waals surface area contributed by atoms with E-state index in [1.165, 1.54) is 18.2 Å². The van der Waals surface area contributed by atoms with Crippen molar-refractivity contribution in [2.45, 2.75) is 43.5 Å². The van der Waals surface area contributed by atoms with Crippen molar-refractivity contribution in [3.05, 3.63) is 0 Å². The van der Waals surface area contributed by atoms with Gasteiger partial charge in [0.2, 0.25) is 0 Å². The zero-order valence-electron chi connectivity index (χ0n) is 8.48. The van der Waals surface area contributed by atoms with Crippen LogP contribution in [0.1, 0.15) is 32.1 Å². The first-order chi connectivity index (χ1) is 6.66. The molecular weight excluding hydrogens is 200 g/mol. The van der Waals surface area contributed by atoms with E-state index in [1.807, 2.05) is 0 Å².